The van der Waals surface area contributed by atoms with E-state index < -0.39 is 18.4 Å². The van der Waals surface area contributed by atoms with Crippen molar-refractivity contribution in [3.8, 4) is 0 Å². The fourth-order valence-electron chi connectivity index (χ4n) is 1.46. The Morgan fingerprint density at radius 2 is 1.69 bits per heavy atom. The molecule has 0 amide bonds. The van der Waals surface area contributed by atoms with Crippen LogP contribution in [0.5, 0.6) is 0 Å². The number of hydrogen-bond donors (Lipinski definition) is 2. The van der Waals surface area contributed by atoms with Crippen LogP contribution in [0.3, 0.4) is 0 Å². The minimum absolute atomic E-state index is 0.267. The van der Waals surface area contributed by atoms with E-state index in [4.69, 9.17) is 14.6 Å². The molecule has 88 valence electrons. The third-order valence-electron chi connectivity index (χ3n) is 2.21. The molecule has 0 bridgehead atoms. The Balaban J connectivity index is 3.13. The molecule has 0 aliphatic heterocycles. The van der Waals surface area contributed by atoms with Crippen molar-refractivity contribution in [2.24, 2.45) is 0 Å². The summed E-state index contributed by atoms with van der Waals surface area (Å²) in [6.45, 7) is 0. The second-order valence-electron chi connectivity index (χ2n) is 3.17. The van der Waals surface area contributed by atoms with Crippen LogP contribution in [0.4, 0.5) is 0 Å². The van der Waals surface area contributed by atoms with Crippen molar-refractivity contribution in [3.63, 3.8) is 0 Å². The number of methoxy groups -OCH3 is 2. The van der Waals surface area contributed by atoms with E-state index in [1.165, 1.54) is 20.3 Å². The van der Waals surface area contributed by atoms with Crippen molar-refractivity contribution in [1.82, 2.24) is 0 Å². The fourth-order valence-corrected chi connectivity index (χ4v) is 1.46. The highest BCUT2D eigenvalue weighted by atomic mass is 16.7. The molecule has 5 nitrogen and oxygen atoms in total. The first-order valence-corrected chi connectivity index (χ1v) is 4.67. The van der Waals surface area contributed by atoms with Gasteiger partial charge in [0.25, 0.3) is 0 Å². The molecule has 0 aromatic heterocycles. The molecule has 1 aromatic carbocycles. The van der Waals surface area contributed by atoms with E-state index in [2.05, 4.69) is 0 Å². The van der Waals surface area contributed by atoms with Gasteiger partial charge in [0.15, 0.2) is 12.4 Å². The lowest BCUT2D eigenvalue weighted by Gasteiger charge is -2.18. The lowest BCUT2D eigenvalue weighted by molar-refractivity contribution is -0.147. The Morgan fingerprint density at radius 3 is 2.12 bits per heavy atom. The monoisotopic (exact) mass is 226 g/mol. The number of ether oxygens (including phenoxy) is 2. The molecule has 2 N–H and O–H groups in total. The van der Waals surface area contributed by atoms with Crippen molar-refractivity contribution < 1.29 is 24.5 Å². The molecule has 0 saturated carbocycles. The van der Waals surface area contributed by atoms with Crippen LogP contribution in [-0.4, -0.2) is 30.4 Å². The summed E-state index contributed by atoms with van der Waals surface area (Å²) < 4.78 is 10.1. The Bertz CT molecular complexity index is 359. The fraction of sp³-hybridized carbons (Fsp3) is 0.364. The minimum Gasteiger partial charge on any atom is -0.479 e. The maximum Gasteiger partial charge on any atom is 0.337 e. The molecule has 0 unspecified atom stereocenters. The molecule has 0 radical (unpaired) electrons. The molecular weight excluding hydrogens is 212 g/mol. The van der Waals surface area contributed by atoms with Crippen molar-refractivity contribution in [3.05, 3.63) is 35.4 Å². The molecule has 0 heterocycles. The van der Waals surface area contributed by atoms with Gasteiger partial charge in [-0.05, 0) is 5.56 Å². The first-order valence-electron chi connectivity index (χ1n) is 4.67. The second-order valence-corrected chi connectivity index (χ2v) is 3.17. The predicted molar refractivity (Wildman–Crippen MR) is 55.8 cm³/mol. The van der Waals surface area contributed by atoms with Gasteiger partial charge in [-0.1, -0.05) is 24.3 Å². The highest BCUT2D eigenvalue weighted by Gasteiger charge is 2.23. The van der Waals surface area contributed by atoms with Gasteiger partial charge in [0.05, 0.1) is 0 Å². The third-order valence-corrected chi connectivity index (χ3v) is 2.21. The number of carboxylic acid groups (broad SMARTS) is 1. The van der Waals surface area contributed by atoms with E-state index in [0.29, 0.717) is 5.56 Å². The Kier molecular flexibility index (Phi) is 4.42. The van der Waals surface area contributed by atoms with E-state index in [1.54, 1.807) is 18.2 Å². The van der Waals surface area contributed by atoms with Gasteiger partial charge in [-0.2, -0.15) is 0 Å². The zero-order valence-corrected chi connectivity index (χ0v) is 9.08. The van der Waals surface area contributed by atoms with Crippen LogP contribution < -0.4 is 0 Å². The summed E-state index contributed by atoms with van der Waals surface area (Å²) in [7, 11) is 2.89. The van der Waals surface area contributed by atoms with Gasteiger partial charge >= 0.3 is 5.97 Å². The maximum absolute atomic E-state index is 10.7. The summed E-state index contributed by atoms with van der Waals surface area (Å²) in [6, 6.07) is 6.55. The van der Waals surface area contributed by atoms with Crippen LogP contribution in [0.2, 0.25) is 0 Å². The average Bonchev–Trinajstić information content (AvgIpc) is 2.30. The molecule has 5 heteroatoms. The van der Waals surface area contributed by atoms with E-state index in [-0.39, 0.29) is 5.56 Å². The molecule has 16 heavy (non-hydrogen) atoms. The van der Waals surface area contributed by atoms with Gasteiger partial charge in [-0.3, -0.25) is 0 Å². The Morgan fingerprint density at radius 1 is 1.19 bits per heavy atom. The summed E-state index contributed by atoms with van der Waals surface area (Å²) >= 11 is 0. The number of aliphatic hydroxyl groups is 1. The maximum atomic E-state index is 10.7. The van der Waals surface area contributed by atoms with Crippen molar-refractivity contribution in [2.45, 2.75) is 12.4 Å². The van der Waals surface area contributed by atoms with Crippen molar-refractivity contribution >= 4 is 5.97 Å². The third kappa shape index (κ3) is 2.57. The normalized spacial score (nSPS) is 12.8. The number of carbonyl (C=O) groups is 1. The van der Waals surface area contributed by atoms with Gasteiger partial charge < -0.3 is 19.7 Å². The first-order chi connectivity index (χ1) is 7.61. The van der Waals surface area contributed by atoms with Gasteiger partial charge in [0.2, 0.25) is 0 Å². The summed E-state index contributed by atoms with van der Waals surface area (Å²) in [5, 5.41) is 18.3. The average molecular weight is 226 g/mol. The summed E-state index contributed by atoms with van der Waals surface area (Å²) in [6.07, 6.45) is -2.27. The highest BCUT2D eigenvalue weighted by Crippen LogP contribution is 2.26. The molecule has 1 aromatic rings. The molecule has 0 saturated heterocycles. The van der Waals surface area contributed by atoms with Crippen LogP contribution in [0.25, 0.3) is 0 Å². The molecule has 1 atom stereocenters. The number of aliphatic carboxylic acids is 1. The van der Waals surface area contributed by atoms with E-state index in [0.717, 1.165) is 0 Å². The predicted octanol–water partition coefficient (Wildman–Crippen LogP) is 1.10. The zero-order valence-electron chi connectivity index (χ0n) is 9.08. The summed E-state index contributed by atoms with van der Waals surface area (Å²) in [5.41, 5.74) is 0.770. The highest BCUT2D eigenvalue weighted by molar-refractivity contribution is 5.74. The quantitative estimate of drug-likeness (QED) is 0.735. The van der Waals surface area contributed by atoms with E-state index >= 15 is 0 Å². The van der Waals surface area contributed by atoms with Gasteiger partial charge in [0.1, 0.15) is 0 Å². The largest absolute Gasteiger partial charge is 0.479 e. The first kappa shape index (κ1) is 12.6. The van der Waals surface area contributed by atoms with Crippen LogP contribution in [0.15, 0.2) is 24.3 Å². The van der Waals surface area contributed by atoms with Gasteiger partial charge in [-0.25, -0.2) is 4.79 Å². The minimum atomic E-state index is -1.58. The number of hydrogen-bond acceptors (Lipinski definition) is 4. The van der Waals surface area contributed by atoms with Crippen LogP contribution in [-0.2, 0) is 14.3 Å². The van der Waals surface area contributed by atoms with E-state index in [9.17, 15) is 9.90 Å². The summed E-state index contributed by atoms with van der Waals surface area (Å²) in [4.78, 5) is 10.7. The van der Waals surface area contributed by atoms with Crippen molar-refractivity contribution in [2.75, 3.05) is 14.2 Å². The van der Waals surface area contributed by atoms with Crippen molar-refractivity contribution in [1.29, 1.82) is 0 Å². The van der Waals surface area contributed by atoms with Gasteiger partial charge in [-0.15, -0.1) is 0 Å². The molecular formula is C11H14O5. The standard InChI is InChI=1S/C11H14O5/c1-15-11(16-2)8-6-4-3-5-7(8)9(12)10(13)14/h3-6,9,11-12H,1-2H3,(H,13,14)/t9-/m1/s1. The second kappa shape index (κ2) is 5.60. The number of aliphatic hydroxyl groups excluding tert-OH is 1. The number of rotatable bonds is 5. The number of benzene rings is 1. The van der Waals surface area contributed by atoms with Crippen LogP contribution in [0.1, 0.15) is 23.5 Å². The summed E-state index contributed by atoms with van der Waals surface area (Å²) in [5.74, 6) is -1.31. The Hall–Kier alpha value is -1.43. The molecule has 0 aliphatic rings. The smallest absolute Gasteiger partial charge is 0.337 e. The number of carboxylic acids is 1. The lowest BCUT2D eigenvalue weighted by Crippen LogP contribution is -2.15. The Labute approximate surface area is 93.2 Å². The van der Waals surface area contributed by atoms with Crippen LogP contribution >= 0.6 is 0 Å². The molecule has 0 fully saturated rings. The topological polar surface area (TPSA) is 76.0 Å². The molecule has 1 rings (SSSR count). The molecule has 0 spiro atoms. The SMILES string of the molecule is COC(OC)c1ccccc1[C@@H](O)C(=O)O. The van der Waals surface area contributed by atoms with E-state index in [1.807, 2.05) is 0 Å². The van der Waals surface area contributed by atoms with Crippen LogP contribution in [0, 0.1) is 0 Å². The zero-order chi connectivity index (χ0) is 12.1. The molecule has 0 aliphatic carbocycles. The van der Waals surface area contributed by atoms with Gasteiger partial charge in [0, 0.05) is 19.8 Å². The lowest BCUT2D eigenvalue weighted by atomic mass is 10.0.